The maximum Gasteiger partial charge on any atom is 0.119 e. The third-order valence-corrected chi connectivity index (χ3v) is 4.98. The van der Waals surface area contributed by atoms with Crippen molar-refractivity contribution in [2.24, 2.45) is 0 Å². The zero-order valence-corrected chi connectivity index (χ0v) is 15.0. The lowest BCUT2D eigenvalue weighted by atomic mass is 10.0. The van der Waals surface area contributed by atoms with Gasteiger partial charge in [-0.25, -0.2) is 0 Å². The minimum atomic E-state index is 0.253. The monoisotopic (exact) mass is 343 g/mol. The molecule has 132 valence electrons. The van der Waals surface area contributed by atoms with Crippen LogP contribution in [0.3, 0.4) is 0 Å². The fourth-order valence-electron chi connectivity index (χ4n) is 3.64. The first-order chi connectivity index (χ1) is 12.8. The van der Waals surface area contributed by atoms with Crippen LogP contribution in [0.25, 0.3) is 0 Å². The van der Waals surface area contributed by atoms with Crippen LogP contribution in [0.5, 0.6) is 5.75 Å². The van der Waals surface area contributed by atoms with Crippen molar-refractivity contribution in [3.63, 3.8) is 0 Å². The SMILES string of the molecule is c1ccc(Cc2ccc(O[C@@H]3CN[C@H](Cc4ccccc4)C3)cc2)cc1. The predicted molar refractivity (Wildman–Crippen MR) is 107 cm³/mol. The van der Waals surface area contributed by atoms with Crippen molar-refractivity contribution < 1.29 is 4.74 Å². The van der Waals surface area contributed by atoms with Crippen LogP contribution in [0.4, 0.5) is 0 Å². The molecule has 1 aliphatic heterocycles. The van der Waals surface area contributed by atoms with E-state index in [4.69, 9.17) is 4.74 Å². The molecular weight excluding hydrogens is 318 g/mol. The van der Waals surface area contributed by atoms with E-state index in [9.17, 15) is 0 Å². The van der Waals surface area contributed by atoms with Crippen LogP contribution in [-0.2, 0) is 12.8 Å². The van der Waals surface area contributed by atoms with Crippen LogP contribution in [0, 0.1) is 0 Å². The van der Waals surface area contributed by atoms with Crippen LogP contribution >= 0.6 is 0 Å². The van der Waals surface area contributed by atoms with Crippen molar-refractivity contribution in [2.75, 3.05) is 6.54 Å². The number of ether oxygens (including phenoxy) is 1. The molecule has 1 aliphatic rings. The van der Waals surface area contributed by atoms with E-state index in [1.807, 2.05) is 0 Å². The Kier molecular flexibility index (Phi) is 5.32. The number of hydrogen-bond acceptors (Lipinski definition) is 2. The standard InChI is InChI=1S/C24H25NO/c1-3-7-19(8-4-1)15-21-11-13-23(14-12-21)26-24-17-22(25-18-24)16-20-9-5-2-6-10-20/h1-14,22,24-25H,15-18H2/t22-,24+/m1/s1. The zero-order chi connectivity index (χ0) is 17.6. The fourth-order valence-corrected chi connectivity index (χ4v) is 3.64. The van der Waals surface area contributed by atoms with E-state index in [1.165, 1.54) is 16.7 Å². The molecule has 0 radical (unpaired) electrons. The summed E-state index contributed by atoms with van der Waals surface area (Å²) in [7, 11) is 0. The Hall–Kier alpha value is -2.58. The summed E-state index contributed by atoms with van der Waals surface area (Å²) in [6, 6.07) is 30.3. The number of hydrogen-bond donors (Lipinski definition) is 1. The maximum atomic E-state index is 6.19. The summed E-state index contributed by atoms with van der Waals surface area (Å²) in [6.45, 7) is 0.920. The molecule has 2 nitrogen and oxygen atoms in total. The van der Waals surface area contributed by atoms with E-state index in [0.29, 0.717) is 6.04 Å². The van der Waals surface area contributed by atoms with Gasteiger partial charge in [-0.3, -0.25) is 0 Å². The average molecular weight is 343 g/mol. The van der Waals surface area contributed by atoms with Crippen molar-refractivity contribution in [1.82, 2.24) is 5.32 Å². The molecule has 0 spiro atoms. The van der Waals surface area contributed by atoms with E-state index in [0.717, 1.165) is 31.6 Å². The van der Waals surface area contributed by atoms with Crippen LogP contribution < -0.4 is 10.1 Å². The van der Waals surface area contributed by atoms with Gasteiger partial charge < -0.3 is 10.1 Å². The van der Waals surface area contributed by atoms with Gasteiger partial charge in [-0.1, -0.05) is 72.8 Å². The highest BCUT2D eigenvalue weighted by Crippen LogP contribution is 2.21. The van der Waals surface area contributed by atoms with E-state index in [-0.39, 0.29) is 6.10 Å². The minimum absolute atomic E-state index is 0.253. The predicted octanol–water partition coefficient (Wildman–Crippen LogP) is 4.63. The largest absolute Gasteiger partial charge is 0.489 e. The molecule has 2 atom stereocenters. The van der Waals surface area contributed by atoms with E-state index in [2.05, 4.69) is 90.2 Å². The molecule has 3 aromatic rings. The molecule has 26 heavy (non-hydrogen) atoms. The number of nitrogens with one attached hydrogen (secondary N) is 1. The van der Waals surface area contributed by atoms with E-state index >= 15 is 0 Å². The van der Waals surface area contributed by atoms with Gasteiger partial charge in [0, 0.05) is 19.0 Å². The minimum Gasteiger partial charge on any atom is -0.489 e. The molecule has 4 rings (SSSR count). The second kappa shape index (κ2) is 8.20. The topological polar surface area (TPSA) is 21.3 Å². The molecule has 0 aliphatic carbocycles. The highest BCUT2D eigenvalue weighted by Gasteiger charge is 2.25. The summed E-state index contributed by atoms with van der Waals surface area (Å²) in [4.78, 5) is 0. The molecule has 2 heteroatoms. The van der Waals surface area contributed by atoms with Gasteiger partial charge in [0.25, 0.3) is 0 Å². The fraction of sp³-hybridized carbons (Fsp3) is 0.250. The molecule has 1 N–H and O–H groups in total. The average Bonchev–Trinajstić information content (AvgIpc) is 3.12. The maximum absolute atomic E-state index is 6.19. The molecule has 1 fully saturated rings. The highest BCUT2D eigenvalue weighted by molar-refractivity contribution is 5.31. The Morgan fingerprint density at radius 2 is 1.35 bits per heavy atom. The van der Waals surface area contributed by atoms with Crippen molar-refractivity contribution in [3.05, 3.63) is 102 Å². The smallest absolute Gasteiger partial charge is 0.119 e. The second-order valence-electron chi connectivity index (χ2n) is 7.08. The third-order valence-electron chi connectivity index (χ3n) is 4.98. The summed E-state index contributed by atoms with van der Waals surface area (Å²) in [5, 5.41) is 3.59. The number of rotatable bonds is 6. The summed E-state index contributed by atoms with van der Waals surface area (Å²) in [5.74, 6) is 0.967. The molecule has 0 bridgehead atoms. The molecule has 1 heterocycles. The Labute approximate surface area is 155 Å². The Bertz CT molecular complexity index is 799. The van der Waals surface area contributed by atoms with Crippen LogP contribution in [0.15, 0.2) is 84.9 Å². The van der Waals surface area contributed by atoms with Gasteiger partial charge in [0.2, 0.25) is 0 Å². The number of benzene rings is 3. The van der Waals surface area contributed by atoms with E-state index < -0.39 is 0 Å². The molecule has 0 aromatic heterocycles. The molecular formula is C24H25NO. The molecule has 0 amide bonds. The Morgan fingerprint density at radius 3 is 2.04 bits per heavy atom. The summed E-state index contributed by atoms with van der Waals surface area (Å²) >= 11 is 0. The summed E-state index contributed by atoms with van der Waals surface area (Å²) in [5.41, 5.74) is 4.04. The quantitative estimate of drug-likeness (QED) is 0.704. The first-order valence-electron chi connectivity index (χ1n) is 9.42. The second-order valence-corrected chi connectivity index (χ2v) is 7.08. The zero-order valence-electron chi connectivity index (χ0n) is 15.0. The third kappa shape index (κ3) is 4.53. The highest BCUT2D eigenvalue weighted by atomic mass is 16.5. The van der Waals surface area contributed by atoms with Gasteiger partial charge in [-0.05, 0) is 41.7 Å². The van der Waals surface area contributed by atoms with Gasteiger partial charge in [0.15, 0.2) is 0 Å². The normalized spacial score (nSPS) is 19.4. The van der Waals surface area contributed by atoms with Crippen molar-refractivity contribution >= 4 is 0 Å². The lowest BCUT2D eigenvalue weighted by Crippen LogP contribution is -2.24. The van der Waals surface area contributed by atoms with Crippen LogP contribution in [0.2, 0.25) is 0 Å². The molecule has 0 unspecified atom stereocenters. The lowest BCUT2D eigenvalue weighted by Gasteiger charge is -2.14. The van der Waals surface area contributed by atoms with Gasteiger partial charge in [0.1, 0.15) is 11.9 Å². The van der Waals surface area contributed by atoms with Gasteiger partial charge in [0.05, 0.1) is 0 Å². The Morgan fingerprint density at radius 1 is 0.731 bits per heavy atom. The summed E-state index contributed by atoms with van der Waals surface area (Å²) in [6.07, 6.45) is 3.34. The molecule has 1 saturated heterocycles. The van der Waals surface area contributed by atoms with Gasteiger partial charge in [-0.15, -0.1) is 0 Å². The lowest BCUT2D eigenvalue weighted by molar-refractivity contribution is 0.219. The van der Waals surface area contributed by atoms with Gasteiger partial charge >= 0.3 is 0 Å². The van der Waals surface area contributed by atoms with Gasteiger partial charge in [-0.2, -0.15) is 0 Å². The van der Waals surface area contributed by atoms with Crippen LogP contribution in [0.1, 0.15) is 23.1 Å². The Balaban J connectivity index is 1.29. The van der Waals surface area contributed by atoms with E-state index in [1.54, 1.807) is 0 Å². The van der Waals surface area contributed by atoms with Crippen molar-refractivity contribution in [3.8, 4) is 5.75 Å². The summed E-state index contributed by atoms with van der Waals surface area (Å²) < 4.78 is 6.19. The van der Waals surface area contributed by atoms with Crippen molar-refractivity contribution in [2.45, 2.75) is 31.4 Å². The van der Waals surface area contributed by atoms with Crippen LogP contribution in [-0.4, -0.2) is 18.7 Å². The first kappa shape index (κ1) is 16.9. The molecule has 0 saturated carbocycles. The molecule has 3 aromatic carbocycles. The van der Waals surface area contributed by atoms with Crippen molar-refractivity contribution in [1.29, 1.82) is 0 Å². The first-order valence-corrected chi connectivity index (χ1v) is 9.42.